The van der Waals surface area contributed by atoms with Crippen molar-refractivity contribution in [1.29, 1.82) is 0 Å². The second kappa shape index (κ2) is 10.8. The highest BCUT2D eigenvalue weighted by Crippen LogP contribution is 2.24. The van der Waals surface area contributed by atoms with E-state index in [0.29, 0.717) is 24.7 Å². The third kappa shape index (κ3) is 5.82. The average molecular weight is 489 g/mol. The lowest BCUT2D eigenvalue weighted by Gasteiger charge is -2.32. The Morgan fingerprint density at radius 2 is 1.82 bits per heavy atom. The van der Waals surface area contributed by atoms with Crippen molar-refractivity contribution in [2.75, 3.05) is 43.7 Å². The number of piperidine rings is 1. The fourth-order valence-electron chi connectivity index (χ4n) is 3.87. The Kier molecular flexibility index (Phi) is 8.08. The molecule has 0 aliphatic carbocycles. The van der Waals surface area contributed by atoms with Gasteiger partial charge < -0.3 is 10.2 Å². The molecule has 1 fully saturated rings. The quantitative estimate of drug-likeness (QED) is 0.599. The van der Waals surface area contributed by atoms with Gasteiger partial charge in [-0.2, -0.15) is 0 Å². The molecule has 182 valence electrons. The maximum atomic E-state index is 14.4. The number of anilines is 2. The minimum absolute atomic E-state index is 0.00178. The standard InChI is InChI=1S/C23H29FN6O3S/c1-5-15-13-27-23(28-14-15)30-10-8-16(9-11-30)20(25-2)21(26-3)22(31)29-19-7-6-17(12-18(19)24)34(4,32)33/h6-7,12-14,16H,5,8-11H2,1-4H3,(H,29,31). The Hall–Kier alpha value is -3.21. The first-order chi connectivity index (χ1) is 16.2. The van der Waals surface area contributed by atoms with E-state index in [4.69, 9.17) is 0 Å². The number of aliphatic imine (C=N–C) groups is 2. The van der Waals surface area contributed by atoms with Crippen LogP contribution < -0.4 is 10.2 Å². The van der Waals surface area contributed by atoms with Gasteiger partial charge in [0.1, 0.15) is 11.5 Å². The van der Waals surface area contributed by atoms with Crippen LogP contribution in [0.5, 0.6) is 0 Å². The van der Waals surface area contributed by atoms with Crippen LogP contribution in [0.3, 0.4) is 0 Å². The predicted molar refractivity (Wildman–Crippen MR) is 131 cm³/mol. The fraction of sp³-hybridized carbons (Fsp3) is 0.435. The molecule has 0 spiro atoms. The number of hydrogen-bond acceptors (Lipinski definition) is 8. The zero-order valence-corrected chi connectivity index (χ0v) is 20.6. The number of sulfone groups is 1. The van der Waals surface area contributed by atoms with E-state index >= 15 is 0 Å². The second-order valence-corrected chi connectivity index (χ2v) is 10.1. The molecule has 11 heteroatoms. The van der Waals surface area contributed by atoms with Gasteiger partial charge in [0.05, 0.1) is 16.3 Å². The monoisotopic (exact) mass is 488 g/mol. The van der Waals surface area contributed by atoms with Gasteiger partial charge in [-0.05, 0) is 43.0 Å². The SMILES string of the molecule is CCc1cnc(N2CCC(C(=NC)C(=NC)C(=O)Nc3ccc(S(C)(=O)=O)cc3F)CC2)nc1. The minimum Gasteiger partial charge on any atom is -0.341 e. The van der Waals surface area contributed by atoms with Crippen LogP contribution in [0.2, 0.25) is 0 Å². The molecule has 1 aliphatic rings. The lowest BCUT2D eigenvalue weighted by molar-refractivity contribution is -0.110. The molecule has 1 aromatic heterocycles. The molecule has 0 unspecified atom stereocenters. The van der Waals surface area contributed by atoms with Gasteiger partial charge in [0.15, 0.2) is 9.84 Å². The van der Waals surface area contributed by atoms with E-state index in [0.717, 1.165) is 37.1 Å². The summed E-state index contributed by atoms with van der Waals surface area (Å²) in [7, 11) is -0.467. The van der Waals surface area contributed by atoms with E-state index in [1.807, 2.05) is 12.4 Å². The van der Waals surface area contributed by atoms with Crippen molar-refractivity contribution in [1.82, 2.24) is 9.97 Å². The fourth-order valence-corrected chi connectivity index (χ4v) is 4.50. The molecule has 9 nitrogen and oxygen atoms in total. The topological polar surface area (TPSA) is 117 Å². The number of nitrogens with one attached hydrogen (secondary N) is 1. The highest BCUT2D eigenvalue weighted by molar-refractivity contribution is 7.90. The first-order valence-corrected chi connectivity index (χ1v) is 12.9. The number of nitrogens with zero attached hydrogens (tertiary/aromatic N) is 5. The van der Waals surface area contributed by atoms with Gasteiger partial charge in [0.25, 0.3) is 5.91 Å². The van der Waals surface area contributed by atoms with Gasteiger partial charge >= 0.3 is 0 Å². The first kappa shape index (κ1) is 25.4. The van der Waals surface area contributed by atoms with E-state index in [9.17, 15) is 17.6 Å². The number of benzene rings is 1. The molecule has 0 atom stereocenters. The van der Waals surface area contributed by atoms with Crippen molar-refractivity contribution >= 4 is 38.8 Å². The zero-order valence-electron chi connectivity index (χ0n) is 19.7. The second-order valence-electron chi connectivity index (χ2n) is 8.06. The van der Waals surface area contributed by atoms with E-state index < -0.39 is 21.6 Å². The molecule has 2 aromatic rings. The molecule has 0 bridgehead atoms. The van der Waals surface area contributed by atoms with Gasteiger partial charge in [-0.15, -0.1) is 0 Å². The lowest BCUT2D eigenvalue weighted by Crippen LogP contribution is -2.42. The highest BCUT2D eigenvalue weighted by atomic mass is 32.2. The number of carbonyl (C=O) groups excluding carboxylic acids is 1. The molecule has 1 aromatic carbocycles. The summed E-state index contributed by atoms with van der Waals surface area (Å²) in [5, 5.41) is 2.49. The van der Waals surface area contributed by atoms with Crippen molar-refractivity contribution in [2.24, 2.45) is 15.9 Å². The van der Waals surface area contributed by atoms with Crippen LogP contribution in [0, 0.1) is 11.7 Å². The largest absolute Gasteiger partial charge is 0.341 e. The Labute approximate surface area is 199 Å². The summed E-state index contributed by atoms with van der Waals surface area (Å²) in [6, 6.07) is 3.35. The molecule has 34 heavy (non-hydrogen) atoms. The Morgan fingerprint density at radius 1 is 1.18 bits per heavy atom. The zero-order chi connectivity index (χ0) is 24.9. The minimum atomic E-state index is -3.56. The van der Waals surface area contributed by atoms with Gasteiger partial charge in [-0.25, -0.2) is 22.8 Å². The van der Waals surface area contributed by atoms with E-state index in [2.05, 4.69) is 37.1 Å². The van der Waals surface area contributed by atoms with Gasteiger partial charge in [-0.3, -0.25) is 14.8 Å². The number of carbonyl (C=O) groups is 1. The summed E-state index contributed by atoms with van der Waals surface area (Å²) in [6.45, 7) is 3.46. The number of hydrogen-bond donors (Lipinski definition) is 1. The van der Waals surface area contributed by atoms with E-state index in [1.165, 1.54) is 19.2 Å². The van der Waals surface area contributed by atoms with E-state index in [1.54, 1.807) is 7.05 Å². The molecule has 2 heterocycles. The summed E-state index contributed by atoms with van der Waals surface area (Å²) >= 11 is 0. The number of aryl methyl sites for hydroxylation is 1. The van der Waals surface area contributed by atoms with Gasteiger partial charge in [0, 0.05) is 51.8 Å². The Bertz CT molecular complexity index is 1200. The maximum Gasteiger partial charge on any atom is 0.275 e. The summed E-state index contributed by atoms with van der Waals surface area (Å²) in [4.78, 5) is 32.2. The van der Waals surface area contributed by atoms with Crippen molar-refractivity contribution in [2.45, 2.75) is 31.1 Å². The van der Waals surface area contributed by atoms with Crippen molar-refractivity contribution in [3.8, 4) is 0 Å². The highest BCUT2D eigenvalue weighted by Gasteiger charge is 2.30. The van der Waals surface area contributed by atoms with Crippen LogP contribution in [0.25, 0.3) is 0 Å². The summed E-state index contributed by atoms with van der Waals surface area (Å²) in [5.74, 6) is -0.766. The summed E-state index contributed by atoms with van der Waals surface area (Å²) in [5.41, 5.74) is 1.62. The number of aromatic nitrogens is 2. The Morgan fingerprint density at radius 3 is 2.32 bits per heavy atom. The molecule has 1 aliphatic heterocycles. The third-order valence-electron chi connectivity index (χ3n) is 5.80. The molecule has 0 saturated carbocycles. The smallest absolute Gasteiger partial charge is 0.275 e. The molecule has 1 saturated heterocycles. The number of rotatable bonds is 7. The average Bonchev–Trinajstić information content (AvgIpc) is 2.83. The number of halogens is 1. The Balaban J connectivity index is 1.69. The number of amides is 1. The molecule has 0 radical (unpaired) electrons. The van der Waals surface area contributed by atoms with Gasteiger partial charge in [-0.1, -0.05) is 6.92 Å². The summed E-state index contributed by atoms with van der Waals surface area (Å²) in [6.07, 6.45) is 7.00. The van der Waals surface area contributed by atoms with Crippen LogP contribution in [0.1, 0.15) is 25.3 Å². The van der Waals surface area contributed by atoms with Crippen LogP contribution in [-0.2, 0) is 21.1 Å². The van der Waals surface area contributed by atoms with Crippen molar-refractivity contribution < 1.29 is 17.6 Å². The van der Waals surface area contributed by atoms with E-state index in [-0.39, 0.29) is 22.2 Å². The van der Waals surface area contributed by atoms with Crippen molar-refractivity contribution in [3.05, 3.63) is 42.0 Å². The van der Waals surface area contributed by atoms with Crippen LogP contribution in [0.15, 0.2) is 45.5 Å². The van der Waals surface area contributed by atoms with Crippen molar-refractivity contribution in [3.63, 3.8) is 0 Å². The predicted octanol–water partition coefficient (Wildman–Crippen LogP) is 2.58. The lowest BCUT2D eigenvalue weighted by atomic mass is 9.89. The first-order valence-electron chi connectivity index (χ1n) is 11.0. The van der Waals surface area contributed by atoms with Crippen LogP contribution >= 0.6 is 0 Å². The molecule has 1 N–H and O–H groups in total. The molecule has 1 amide bonds. The molecular formula is C23H29FN6O3S. The molecular weight excluding hydrogens is 459 g/mol. The molecule has 3 rings (SSSR count). The van der Waals surface area contributed by atoms with Crippen LogP contribution in [0.4, 0.5) is 16.0 Å². The van der Waals surface area contributed by atoms with Crippen LogP contribution in [-0.4, -0.2) is 69.2 Å². The maximum absolute atomic E-state index is 14.4. The normalized spacial score (nSPS) is 16.0. The third-order valence-corrected chi connectivity index (χ3v) is 6.91. The summed E-state index contributed by atoms with van der Waals surface area (Å²) < 4.78 is 37.7. The van der Waals surface area contributed by atoms with Gasteiger partial charge in [0.2, 0.25) is 5.95 Å².